The Morgan fingerprint density at radius 3 is 2.69 bits per heavy atom. The molecule has 3 rings (SSSR count). The summed E-state index contributed by atoms with van der Waals surface area (Å²) in [5, 5.41) is 28.8. The van der Waals surface area contributed by atoms with Crippen molar-refractivity contribution in [2.24, 2.45) is 17.6 Å². The average Bonchev–Trinajstić information content (AvgIpc) is 3.09. The third kappa shape index (κ3) is 2.91. The predicted octanol–water partition coefficient (Wildman–Crippen LogP) is -0.641. The number of nitrogens with two attached hydrogens (primary N) is 1. The number of nitrogens with zero attached hydrogens (tertiary/aromatic N) is 1. The average molecular weight is 373 g/mol. The van der Waals surface area contributed by atoms with Gasteiger partial charge >= 0.3 is 0 Å². The van der Waals surface area contributed by atoms with E-state index in [-0.39, 0.29) is 24.4 Å². The molecular formula is C18H36N4O4. The van der Waals surface area contributed by atoms with Crippen molar-refractivity contribution >= 4 is 0 Å². The molecule has 0 saturated carbocycles. The molecule has 3 unspecified atom stereocenters. The van der Waals surface area contributed by atoms with Crippen LogP contribution in [-0.4, -0.2) is 77.9 Å². The first-order valence-corrected chi connectivity index (χ1v) is 9.90. The lowest BCUT2D eigenvalue weighted by atomic mass is 9.76. The van der Waals surface area contributed by atoms with Gasteiger partial charge in [0.25, 0.3) is 0 Å². The lowest BCUT2D eigenvalue weighted by Gasteiger charge is -2.54. The number of methoxy groups -OCH3 is 1. The summed E-state index contributed by atoms with van der Waals surface area (Å²) in [5.74, 6) is 0.578. The molecule has 0 spiro atoms. The summed E-state index contributed by atoms with van der Waals surface area (Å²) in [6.45, 7) is 7.64. The molecule has 0 aromatic carbocycles. The molecule has 0 aliphatic carbocycles. The number of aliphatic hydroxyl groups is 2. The van der Waals surface area contributed by atoms with Crippen LogP contribution in [-0.2, 0) is 9.47 Å². The van der Waals surface area contributed by atoms with Gasteiger partial charge in [0.2, 0.25) is 0 Å². The van der Waals surface area contributed by atoms with E-state index in [1.54, 1.807) is 14.0 Å². The Balaban J connectivity index is 1.95. The van der Waals surface area contributed by atoms with Gasteiger partial charge in [-0.25, -0.2) is 0 Å². The van der Waals surface area contributed by atoms with Crippen molar-refractivity contribution < 1.29 is 19.7 Å². The van der Waals surface area contributed by atoms with Gasteiger partial charge in [-0.1, -0.05) is 26.7 Å². The number of hydrogen-bond donors (Lipinski definition) is 5. The van der Waals surface area contributed by atoms with Crippen molar-refractivity contribution in [1.82, 2.24) is 15.5 Å². The Morgan fingerprint density at radius 2 is 2.08 bits per heavy atom. The van der Waals surface area contributed by atoms with Gasteiger partial charge < -0.3 is 25.4 Å². The van der Waals surface area contributed by atoms with Crippen molar-refractivity contribution in [2.75, 3.05) is 26.9 Å². The van der Waals surface area contributed by atoms with E-state index in [4.69, 9.17) is 15.2 Å². The van der Waals surface area contributed by atoms with Gasteiger partial charge in [-0.2, -0.15) is 0 Å². The SMILES string of the molecule is CCC(CC)C12NCNC(N)C1CCN2[C@@H]1O[C@H](COC)[C@@](C)(O)[C@H]1O. The van der Waals surface area contributed by atoms with E-state index in [1.165, 1.54) is 0 Å². The van der Waals surface area contributed by atoms with Gasteiger partial charge in [-0.05, 0) is 19.3 Å². The zero-order chi connectivity index (χ0) is 19.1. The van der Waals surface area contributed by atoms with Crippen LogP contribution in [0.4, 0.5) is 0 Å². The molecule has 3 saturated heterocycles. The summed E-state index contributed by atoms with van der Waals surface area (Å²) in [7, 11) is 1.57. The zero-order valence-electron chi connectivity index (χ0n) is 16.4. The number of aliphatic hydroxyl groups excluding tert-OH is 1. The fraction of sp³-hybridized carbons (Fsp3) is 1.00. The van der Waals surface area contributed by atoms with Crippen LogP contribution < -0.4 is 16.4 Å². The fourth-order valence-corrected chi connectivity index (χ4v) is 5.43. The van der Waals surface area contributed by atoms with E-state index in [0.29, 0.717) is 12.6 Å². The number of hydrogen-bond acceptors (Lipinski definition) is 8. The Bertz CT molecular complexity index is 490. The first-order chi connectivity index (χ1) is 12.3. The smallest absolute Gasteiger partial charge is 0.141 e. The van der Waals surface area contributed by atoms with Crippen LogP contribution in [0, 0.1) is 11.8 Å². The highest BCUT2D eigenvalue weighted by atomic mass is 16.6. The molecule has 8 nitrogen and oxygen atoms in total. The number of fused-ring (bicyclic) bond motifs is 1. The van der Waals surface area contributed by atoms with Gasteiger partial charge in [0.1, 0.15) is 24.0 Å². The van der Waals surface area contributed by atoms with Crippen LogP contribution in [0.15, 0.2) is 0 Å². The van der Waals surface area contributed by atoms with Gasteiger partial charge in [0.05, 0.1) is 18.4 Å². The molecule has 7 atom stereocenters. The van der Waals surface area contributed by atoms with Gasteiger partial charge in [-0.15, -0.1) is 0 Å². The minimum atomic E-state index is -1.36. The highest BCUT2D eigenvalue weighted by Gasteiger charge is 2.63. The molecule has 3 heterocycles. The third-order valence-electron chi connectivity index (χ3n) is 6.92. The van der Waals surface area contributed by atoms with Crippen LogP contribution in [0.1, 0.15) is 40.0 Å². The van der Waals surface area contributed by atoms with Gasteiger partial charge in [0, 0.05) is 26.2 Å². The fourth-order valence-electron chi connectivity index (χ4n) is 5.43. The second-order valence-corrected chi connectivity index (χ2v) is 8.15. The molecule has 0 aromatic heterocycles. The predicted molar refractivity (Wildman–Crippen MR) is 97.9 cm³/mol. The molecule has 8 heteroatoms. The standard InChI is InChI=1S/C18H36N4O4/c1-5-11(6-2)18-12(15(19)20-10-21-18)7-8-22(18)16-14(23)17(3,24)13(26-16)9-25-4/h11-16,20-21,23-24H,5-10,19H2,1-4H3/t12?,13-,14+,15?,16-,17-,18?/m1/s1. The van der Waals surface area contributed by atoms with Crippen LogP contribution >= 0.6 is 0 Å². The molecule has 152 valence electrons. The van der Waals surface area contributed by atoms with E-state index in [2.05, 4.69) is 29.4 Å². The minimum absolute atomic E-state index is 0.101. The highest BCUT2D eigenvalue weighted by molar-refractivity contribution is 5.12. The maximum atomic E-state index is 10.9. The van der Waals surface area contributed by atoms with Crippen molar-refractivity contribution in [3.63, 3.8) is 0 Å². The summed E-state index contributed by atoms with van der Waals surface area (Å²) in [5.41, 5.74) is 4.72. The van der Waals surface area contributed by atoms with E-state index >= 15 is 0 Å². The maximum absolute atomic E-state index is 10.9. The summed E-state index contributed by atoms with van der Waals surface area (Å²) in [6.07, 6.45) is 0.653. The number of rotatable bonds is 6. The van der Waals surface area contributed by atoms with Crippen LogP contribution in [0.2, 0.25) is 0 Å². The lowest BCUT2D eigenvalue weighted by molar-refractivity contribution is -0.163. The third-order valence-corrected chi connectivity index (χ3v) is 6.92. The molecular weight excluding hydrogens is 336 g/mol. The van der Waals surface area contributed by atoms with Crippen LogP contribution in [0.3, 0.4) is 0 Å². The largest absolute Gasteiger partial charge is 0.386 e. The summed E-state index contributed by atoms with van der Waals surface area (Å²) in [4.78, 5) is 2.23. The van der Waals surface area contributed by atoms with Crippen LogP contribution in [0.25, 0.3) is 0 Å². The van der Waals surface area contributed by atoms with E-state index in [0.717, 1.165) is 25.8 Å². The van der Waals surface area contributed by atoms with E-state index in [1.807, 2.05) is 0 Å². The first-order valence-electron chi connectivity index (χ1n) is 9.90. The topological polar surface area (TPSA) is 112 Å². The molecule has 0 amide bonds. The number of ether oxygens (including phenoxy) is 2. The molecule has 3 aliphatic rings. The van der Waals surface area contributed by atoms with Gasteiger partial charge in [-0.3, -0.25) is 15.5 Å². The maximum Gasteiger partial charge on any atom is 0.141 e. The Hall–Kier alpha value is -0.320. The zero-order valence-corrected chi connectivity index (χ0v) is 16.4. The number of likely N-dealkylation sites (tertiary alicyclic amines) is 1. The highest BCUT2D eigenvalue weighted by Crippen LogP contribution is 2.47. The molecule has 0 bridgehead atoms. The van der Waals surface area contributed by atoms with Crippen molar-refractivity contribution in [3.8, 4) is 0 Å². The van der Waals surface area contributed by atoms with Gasteiger partial charge in [0.15, 0.2) is 0 Å². The molecule has 26 heavy (non-hydrogen) atoms. The molecule has 3 fully saturated rings. The second-order valence-electron chi connectivity index (χ2n) is 8.15. The van der Waals surface area contributed by atoms with E-state index in [9.17, 15) is 10.2 Å². The van der Waals surface area contributed by atoms with Crippen molar-refractivity contribution in [3.05, 3.63) is 0 Å². The Morgan fingerprint density at radius 1 is 1.38 bits per heavy atom. The molecule has 0 aromatic rings. The first kappa shape index (κ1) is 20.4. The van der Waals surface area contributed by atoms with Crippen molar-refractivity contribution in [2.45, 2.75) is 75.9 Å². The molecule has 0 radical (unpaired) electrons. The monoisotopic (exact) mass is 372 g/mol. The summed E-state index contributed by atoms with van der Waals surface area (Å²) in [6, 6.07) is 0. The lowest BCUT2D eigenvalue weighted by Crippen LogP contribution is -2.75. The minimum Gasteiger partial charge on any atom is -0.386 e. The van der Waals surface area contributed by atoms with Crippen molar-refractivity contribution in [1.29, 1.82) is 0 Å². The Labute approximate surface area is 156 Å². The van der Waals surface area contributed by atoms with Crippen LogP contribution in [0.5, 0.6) is 0 Å². The molecule has 6 N–H and O–H groups in total. The quantitative estimate of drug-likeness (QED) is 0.419. The summed E-state index contributed by atoms with van der Waals surface area (Å²) < 4.78 is 11.4. The molecule has 3 aliphatic heterocycles. The second kappa shape index (κ2) is 7.60. The Kier molecular flexibility index (Phi) is 5.97. The normalized spacial score (nSPS) is 46.8. The summed E-state index contributed by atoms with van der Waals surface area (Å²) >= 11 is 0. The van der Waals surface area contributed by atoms with E-state index < -0.39 is 24.0 Å². The number of nitrogens with one attached hydrogen (secondary N) is 2.